The molecule has 0 spiro atoms. The number of methoxy groups -OCH3 is 2. The lowest BCUT2D eigenvalue weighted by atomic mass is 9.94. The first-order chi connectivity index (χ1) is 16.4. The molecular formula is C24H26FN5O4. The number of ether oxygens (including phenoxy) is 2. The van der Waals surface area contributed by atoms with Gasteiger partial charge in [0.2, 0.25) is 5.95 Å². The summed E-state index contributed by atoms with van der Waals surface area (Å²) in [6.07, 6.45) is 0.997. The molecule has 1 atom stereocenters. The van der Waals surface area contributed by atoms with E-state index in [0.29, 0.717) is 58.6 Å². The average Bonchev–Trinajstić information content (AvgIpc) is 3.25. The number of benzene rings is 2. The molecule has 0 unspecified atom stereocenters. The third kappa shape index (κ3) is 4.58. The molecule has 1 aromatic heterocycles. The molecule has 10 heteroatoms. The fourth-order valence-electron chi connectivity index (χ4n) is 3.90. The van der Waals surface area contributed by atoms with Gasteiger partial charge in [-0.05, 0) is 55.8 Å². The van der Waals surface area contributed by atoms with Gasteiger partial charge in [-0.1, -0.05) is 0 Å². The Morgan fingerprint density at radius 2 is 1.97 bits per heavy atom. The summed E-state index contributed by atoms with van der Waals surface area (Å²) in [4.78, 5) is 18.1. The minimum absolute atomic E-state index is 0.0209. The van der Waals surface area contributed by atoms with Crippen LogP contribution in [0.25, 0.3) is 0 Å². The van der Waals surface area contributed by atoms with Crippen molar-refractivity contribution in [3.8, 4) is 11.5 Å². The molecular weight excluding hydrogens is 441 g/mol. The number of hydrogen-bond donors (Lipinski definition) is 3. The molecule has 1 aliphatic rings. The standard InChI is InChI=1S/C24H26FN5O4/c1-14-21(23(32)27-16-8-6-15(25)7-9-16)22(18-13-17(33-2)10-11-19(18)34-3)30-24(26-14)28-20(29-30)5-4-12-31/h6-11,13,22,31H,4-5,12H2,1-3H3,(H,27,32)(H,26,28,29)/t22-/m1/s1. The lowest BCUT2D eigenvalue weighted by Crippen LogP contribution is -2.31. The van der Waals surface area contributed by atoms with Gasteiger partial charge in [-0.2, -0.15) is 10.1 Å². The van der Waals surface area contributed by atoms with Crippen LogP contribution in [-0.4, -0.2) is 46.6 Å². The van der Waals surface area contributed by atoms with Gasteiger partial charge >= 0.3 is 0 Å². The number of allylic oxidation sites excluding steroid dienone is 1. The van der Waals surface area contributed by atoms with Gasteiger partial charge in [0.25, 0.3) is 5.91 Å². The Kier molecular flexibility index (Phi) is 6.78. The Morgan fingerprint density at radius 3 is 2.65 bits per heavy atom. The molecule has 3 N–H and O–H groups in total. The van der Waals surface area contributed by atoms with Gasteiger partial charge in [-0.3, -0.25) is 4.79 Å². The molecule has 4 rings (SSSR count). The molecule has 0 saturated carbocycles. The Hall–Kier alpha value is -3.92. The quantitative estimate of drug-likeness (QED) is 0.466. The smallest absolute Gasteiger partial charge is 0.255 e. The van der Waals surface area contributed by atoms with Crippen molar-refractivity contribution >= 4 is 17.5 Å². The first kappa shape index (κ1) is 23.2. The number of anilines is 2. The molecule has 9 nitrogen and oxygen atoms in total. The van der Waals surface area contributed by atoms with Crippen LogP contribution >= 0.6 is 0 Å². The number of aromatic nitrogens is 3. The van der Waals surface area contributed by atoms with Crippen molar-refractivity contribution in [2.75, 3.05) is 31.5 Å². The van der Waals surface area contributed by atoms with Crippen LogP contribution in [0.5, 0.6) is 11.5 Å². The largest absolute Gasteiger partial charge is 0.497 e. The number of nitrogens with zero attached hydrogens (tertiary/aromatic N) is 3. The van der Waals surface area contributed by atoms with Crippen molar-refractivity contribution in [1.82, 2.24) is 14.8 Å². The van der Waals surface area contributed by atoms with Crippen LogP contribution in [-0.2, 0) is 11.2 Å². The molecule has 1 aliphatic heterocycles. The van der Waals surface area contributed by atoms with Crippen LogP contribution in [0, 0.1) is 5.82 Å². The van der Waals surface area contributed by atoms with Crippen LogP contribution < -0.4 is 20.1 Å². The summed E-state index contributed by atoms with van der Waals surface area (Å²) in [5.74, 6) is 1.37. The third-order valence-electron chi connectivity index (χ3n) is 5.53. The van der Waals surface area contributed by atoms with E-state index >= 15 is 0 Å². The maximum Gasteiger partial charge on any atom is 0.255 e. The lowest BCUT2D eigenvalue weighted by Gasteiger charge is -2.29. The second-order valence-electron chi connectivity index (χ2n) is 7.76. The number of halogens is 1. The van der Waals surface area contributed by atoms with E-state index in [4.69, 9.17) is 9.47 Å². The van der Waals surface area contributed by atoms with Gasteiger partial charge in [0.1, 0.15) is 23.4 Å². The molecule has 0 aliphatic carbocycles. The summed E-state index contributed by atoms with van der Waals surface area (Å²) in [6, 6.07) is 10.2. The van der Waals surface area contributed by atoms with Crippen LogP contribution in [0.3, 0.4) is 0 Å². The topological polar surface area (TPSA) is 111 Å². The van der Waals surface area contributed by atoms with Gasteiger partial charge in [-0.25, -0.2) is 9.07 Å². The zero-order valence-electron chi connectivity index (χ0n) is 19.1. The molecule has 3 aromatic rings. The van der Waals surface area contributed by atoms with Gasteiger partial charge in [0.05, 0.1) is 19.8 Å². The number of carbonyl (C=O) groups excluding carboxylic acids is 1. The monoisotopic (exact) mass is 467 g/mol. The van der Waals surface area contributed by atoms with Crippen LogP contribution in [0.4, 0.5) is 16.0 Å². The van der Waals surface area contributed by atoms with Crippen LogP contribution in [0.1, 0.15) is 30.8 Å². The Balaban J connectivity index is 1.82. The van der Waals surface area contributed by atoms with Crippen LogP contribution in [0.2, 0.25) is 0 Å². The summed E-state index contributed by atoms with van der Waals surface area (Å²) in [5.41, 5.74) is 2.09. The van der Waals surface area contributed by atoms with E-state index in [-0.39, 0.29) is 12.5 Å². The number of amides is 1. The number of fused-ring (bicyclic) bond motifs is 1. The Bertz CT molecular complexity index is 1220. The number of aliphatic hydroxyl groups is 1. The van der Waals surface area contributed by atoms with E-state index in [1.807, 2.05) is 0 Å². The minimum atomic E-state index is -0.683. The molecule has 0 fully saturated rings. The SMILES string of the molecule is COc1ccc(OC)c([C@@H]2C(C(=O)Nc3ccc(F)cc3)=C(C)Nc3nc(CCCO)nn32)c1. The molecule has 2 heterocycles. The highest BCUT2D eigenvalue weighted by Gasteiger charge is 2.36. The van der Waals surface area contributed by atoms with E-state index in [0.717, 1.165) is 0 Å². The predicted molar refractivity (Wildman–Crippen MR) is 124 cm³/mol. The molecule has 0 saturated heterocycles. The number of carbonyl (C=O) groups is 1. The zero-order chi connectivity index (χ0) is 24.2. The van der Waals surface area contributed by atoms with Crippen molar-refractivity contribution in [2.24, 2.45) is 0 Å². The van der Waals surface area contributed by atoms with E-state index in [1.165, 1.54) is 24.3 Å². The van der Waals surface area contributed by atoms with Crippen molar-refractivity contribution in [1.29, 1.82) is 0 Å². The van der Waals surface area contributed by atoms with Gasteiger partial charge in [-0.15, -0.1) is 0 Å². The Morgan fingerprint density at radius 1 is 1.21 bits per heavy atom. The average molecular weight is 468 g/mol. The highest BCUT2D eigenvalue weighted by atomic mass is 19.1. The summed E-state index contributed by atoms with van der Waals surface area (Å²) >= 11 is 0. The molecule has 1 amide bonds. The summed E-state index contributed by atoms with van der Waals surface area (Å²) < 4.78 is 26.0. The van der Waals surface area contributed by atoms with Crippen molar-refractivity contribution in [3.63, 3.8) is 0 Å². The molecule has 0 radical (unpaired) electrons. The predicted octanol–water partition coefficient (Wildman–Crippen LogP) is 3.29. The first-order valence-electron chi connectivity index (χ1n) is 10.8. The van der Waals surface area contributed by atoms with Gasteiger partial charge < -0.3 is 25.2 Å². The van der Waals surface area contributed by atoms with E-state index in [2.05, 4.69) is 20.7 Å². The number of hydrogen-bond acceptors (Lipinski definition) is 7. The third-order valence-corrected chi connectivity index (χ3v) is 5.53. The second-order valence-corrected chi connectivity index (χ2v) is 7.76. The highest BCUT2D eigenvalue weighted by Crippen LogP contribution is 2.41. The normalized spacial score (nSPS) is 14.9. The zero-order valence-corrected chi connectivity index (χ0v) is 19.1. The fraction of sp³-hybridized carbons (Fsp3) is 0.292. The lowest BCUT2D eigenvalue weighted by molar-refractivity contribution is -0.113. The minimum Gasteiger partial charge on any atom is -0.497 e. The van der Waals surface area contributed by atoms with E-state index in [1.54, 1.807) is 44.0 Å². The van der Waals surface area contributed by atoms with Crippen molar-refractivity contribution in [3.05, 3.63) is 70.9 Å². The Labute approximate surface area is 196 Å². The maximum absolute atomic E-state index is 13.5. The highest BCUT2D eigenvalue weighted by molar-refractivity contribution is 6.06. The number of aliphatic hydroxyl groups excluding tert-OH is 1. The van der Waals surface area contributed by atoms with Gasteiger partial charge in [0, 0.05) is 30.0 Å². The van der Waals surface area contributed by atoms with Crippen molar-refractivity contribution < 1.29 is 23.8 Å². The summed E-state index contributed by atoms with van der Waals surface area (Å²) in [5, 5.41) is 19.8. The number of rotatable bonds is 8. The summed E-state index contributed by atoms with van der Waals surface area (Å²) in [7, 11) is 3.11. The number of aryl methyl sites for hydroxylation is 1. The second kappa shape index (κ2) is 9.92. The van der Waals surface area contributed by atoms with E-state index < -0.39 is 11.9 Å². The van der Waals surface area contributed by atoms with Crippen molar-refractivity contribution in [2.45, 2.75) is 25.8 Å². The fourth-order valence-corrected chi connectivity index (χ4v) is 3.90. The summed E-state index contributed by atoms with van der Waals surface area (Å²) in [6.45, 7) is 1.80. The first-order valence-corrected chi connectivity index (χ1v) is 10.8. The molecule has 0 bridgehead atoms. The van der Waals surface area contributed by atoms with Gasteiger partial charge in [0.15, 0.2) is 5.82 Å². The van der Waals surface area contributed by atoms with E-state index in [9.17, 15) is 14.3 Å². The number of nitrogens with one attached hydrogen (secondary N) is 2. The van der Waals surface area contributed by atoms with Crippen LogP contribution in [0.15, 0.2) is 53.7 Å². The maximum atomic E-state index is 13.5. The molecule has 178 valence electrons. The molecule has 34 heavy (non-hydrogen) atoms. The molecule has 2 aromatic carbocycles.